The Bertz CT molecular complexity index is 745. The summed E-state index contributed by atoms with van der Waals surface area (Å²) in [6.45, 7) is 4.96. The van der Waals surface area contributed by atoms with Gasteiger partial charge in [-0.15, -0.1) is 0 Å². The predicted molar refractivity (Wildman–Crippen MR) is 116 cm³/mol. The number of likely N-dealkylation sites (tertiary alicyclic amines) is 1. The number of benzene rings is 1. The van der Waals surface area contributed by atoms with Crippen LogP contribution in [0.25, 0.3) is 0 Å². The molecule has 156 valence electrons. The number of aromatic nitrogens is 1. The molecular weight excluding hydrogens is 361 g/mol. The molecule has 2 fully saturated rings. The van der Waals surface area contributed by atoms with Crippen molar-refractivity contribution in [2.75, 3.05) is 19.6 Å². The van der Waals surface area contributed by atoms with Gasteiger partial charge in [0.25, 0.3) is 0 Å². The van der Waals surface area contributed by atoms with E-state index in [1.54, 1.807) is 12.1 Å². The third-order valence-electron chi connectivity index (χ3n) is 6.64. The SMILES string of the molecule is Fc1ccccc1CN(Cc1cccnc1)C[C@@H]1CCCN(C2CCCCC2)C1. The van der Waals surface area contributed by atoms with E-state index in [0.717, 1.165) is 24.7 Å². The zero-order chi connectivity index (χ0) is 19.9. The maximum atomic E-state index is 14.3. The first-order valence-corrected chi connectivity index (χ1v) is 11.4. The van der Waals surface area contributed by atoms with Crippen LogP contribution >= 0.6 is 0 Å². The van der Waals surface area contributed by atoms with Crippen LogP contribution in [0.1, 0.15) is 56.1 Å². The van der Waals surface area contributed by atoms with Crippen LogP contribution in [0.2, 0.25) is 0 Å². The highest BCUT2D eigenvalue weighted by Gasteiger charge is 2.28. The highest BCUT2D eigenvalue weighted by Crippen LogP contribution is 2.28. The largest absolute Gasteiger partial charge is 0.300 e. The van der Waals surface area contributed by atoms with Crippen LogP contribution in [0.3, 0.4) is 0 Å². The molecule has 0 amide bonds. The molecular formula is C25H34FN3. The zero-order valence-corrected chi connectivity index (χ0v) is 17.5. The van der Waals surface area contributed by atoms with Gasteiger partial charge in [-0.2, -0.15) is 0 Å². The topological polar surface area (TPSA) is 19.4 Å². The number of hydrogen-bond acceptors (Lipinski definition) is 3. The standard InChI is InChI=1S/C25H34FN3/c26-25-13-5-4-10-23(25)20-28(17-21-8-6-14-27-16-21)18-22-9-7-15-29(19-22)24-11-2-1-3-12-24/h4-6,8,10,13-14,16,22,24H,1-3,7,9,11-12,15,17-20H2/t22-/m0/s1. The molecule has 4 heteroatoms. The molecule has 1 aromatic heterocycles. The molecule has 4 rings (SSSR count). The molecule has 2 aliphatic rings. The Morgan fingerprint density at radius 3 is 2.62 bits per heavy atom. The summed E-state index contributed by atoms with van der Waals surface area (Å²) in [6.07, 6.45) is 13.3. The summed E-state index contributed by atoms with van der Waals surface area (Å²) in [4.78, 5) is 9.46. The lowest BCUT2D eigenvalue weighted by Gasteiger charge is -2.41. The molecule has 1 aliphatic carbocycles. The van der Waals surface area contributed by atoms with Crippen molar-refractivity contribution < 1.29 is 4.39 Å². The summed E-state index contributed by atoms with van der Waals surface area (Å²) in [5.41, 5.74) is 1.99. The first kappa shape index (κ1) is 20.5. The monoisotopic (exact) mass is 395 g/mol. The fraction of sp³-hybridized carbons (Fsp3) is 0.560. The van der Waals surface area contributed by atoms with Gasteiger partial charge in [0.2, 0.25) is 0 Å². The van der Waals surface area contributed by atoms with Gasteiger partial charge < -0.3 is 4.90 Å². The van der Waals surface area contributed by atoms with Gasteiger partial charge in [-0.25, -0.2) is 4.39 Å². The van der Waals surface area contributed by atoms with E-state index in [1.807, 2.05) is 30.6 Å². The van der Waals surface area contributed by atoms with E-state index in [1.165, 1.54) is 63.6 Å². The van der Waals surface area contributed by atoms with Crippen LogP contribution < -0.4 is 0 Å². The molecule has 0 unspecified atom stereocenters. The second kappa shape index (κ2) is 10.3. The lowest BCUT2D eigenvalue weighted by Crippen LogP contribution is -2.46. The average molecular weight is 396 g/mol. The second-order valence-electron chi connectivity index (χ2n) is 8.92. The van der Waals surface area contributed by atoms with Gasteiger partial charge >= 0.3 is 0 Å². The number of hydrogen-bond donors (Lipinski definition) is 0. The maximum Gasteiger partial charge on any atom is 0.127 e. The van der Waals surface area contributed by atoms with E-state index in [9.17, 15) is 4.39 Å². The summed E-state index contributed by atoms with van der Waals surface area (Å²) in [7, 11) is 0. The van der Waals surface area contributed by atoms with Crippen LogP contribution in [-0.4, -0.2) is 40.5 Å². The molecule has 1 aromatic carbocycles. The van der Waals surface area contributed by atoms with E-state index >= 15 is 0 Å². The molecule has 1 saturated heterocycles. The third-order valence-corrected chi connectivity index (χ3v) is 6.64. The van der Waals surface area contributed by atoms with Crippen molar-refractivity contribution in [1.29, 1.82) is 0 Å². The molecule has 2 heterocycles. The Kier molecular flexibility index (Phi) is 7.28. The average Bonchev–Trinajstić information content (AvgIpc) is 2.77. The Morgan fingerprint density at radius 1 is 0.966 bits per heavy atom. The van der Waals surface area contributed by atoms with Gasteiger partial charge in [0.1, 0.15) is 5.82 Å². The number of pyridine rings is 1. The van der Waals surface area contributed by atoms with Gasteiger partial charge in [0, 0.05) is 50.2 Å². The number of halogens is 1. The predicted octanol–water partition coefficient (Wildman–Crippen LogP) is 5.27. The van der Waals surface area contributed by atoms with Crippen molar-refractivity contribution in [3.8, 4) is 0 Å². The molecule has 0 spiro atoms. The molecule has 29 heavy (non-hydrogen) atoms. The molecule has 0 radical (unpaired) electrons. The summed E-state index contributed by atoms with van der Waals surface area (Å²) < 4.78 is 14.3. The smallest absolute Gasteiger partial charge is 0.127 e. The lowest BCUT2D eigenvalue weighted by atomic mass is 9.90. The van der Waals surface area contributed by atoms with E-state index in [4.69, 9.17) is 0 Å². The van der Waals surface area contributed by atoms with Crippen molar-refractivity contribution in [1.82, 2.24) is 14.8 Å². The Hall–Kier alpha value is -1.78. The van der Waals surface area contributed by atoms with Crippen molar-refractivity contribution in [3.63, 3.8) is 0 Å². The number of rotatable bonds is 7. The van der Waals surface area contributed by atoms with Crippen molar-refractivity contribution in [3.05, 3.63) is 65.7 Å². The molecule has 2 aromatic rings. The van der Waals surface area contributed by atoms with Gasteiger partial charge in [-0.3, -0.25) is 9.88 Å². The molecule has 0 bridgehead atoms. The normalized spacial score (nSPS) is 21.5. The Labute approximate surface area is 174 Å². The summed E-state index contributed by atoms with van der Waals surface area (Å²) in [5.74, 6) is 0.560. The second-order valence-corrected chi connectivity index (χ2v) is 8.92. The van der Waals surface area contributed by atoms with Crippen molar-refractivity contribution in [2.45, 2.75) is 64.1 Å². The van der Waals surface area contributed by atoms with Crippen LogP contribution in [0, 0.1) is 11.7 Å². The van der Waals surface area contributed by atoms with Gasteiger partial charge in [0.15, 0.2) is 0 Å². The van der Waals surface area contributed by atoms with E-state index in [-0.39, 0.29) is 5.82 Å². The number of piperidine rings is 1. The summed E-state index contributed by atoms with van der Waals surface area (Å²) >= 11 is 0. The summed E-state index contributed by atoms with van der Waals surface area (Å²) in [5, 5.41) is 0. The minimum Gasteiger partial charge on any atom is -0.300 e. The first-order valence-electron chi connectivity index (χ1n) is 11.4. The minimum absolute atomic E-state index is 0.101. The number of nitrogens with zero attached hydrogens (tertiary/aromatic N) is 3. The highest BCUT2D eigenvalue weighted by molar-refractivity contribution is 5.17. The highest BCUT2D eigenvalue weighted by atomic mass is 19.1. The fourth-order valence-electron chi connectivity index (χ4n) is 5.19. The van der Waals surface area contributed by atoms with Crippen LogP contribution in [-0.2, 0) is 13.1 Å². The lowest BCUT2D eigenvalue weighted by molar-refractivity contribution is 0.0769. The maximum absolute atomic E-state index is 14.3. The van der Waals surface area contributed by atoms with Crippen LogP contribution in [0.5, 0.6) is 0 Å². The van der Waals surface area contributed by atoms with Crippen molar-refractivity contribution >= 4 is 0 Å². The van der Waals surface area contributed by atoms with E-state index in [2.05, 4.69) is 20.9 Å². The van der Waals surface area contributed by atoms with Gasteiger partial charge in [-0.1, -0.05) is 43.5 Å². The molecule has 1 atom stereocenters. The van der Waals surface area contributed by atoms with Gasteiger partial charge in [-0.05, 0) is 55.8 Å². The quantitative estimate of drug-likeness (QED) is 0.637. The fourth-order valence-corrected chi connectivity index (χ4v) is 5.19. The van der Waals surface area contributed by atoms with Crippen LogP contribution in [0.4, 0.5) is 4.39 Å². The third kappa shape index (κ3) is 5.86. The van der Waals surface area contributed by atoms with Crippen LogP contribution in [0.15, 0.2) is 48.8 Å². The molecule has 1 saturated carbocycles. The molecule has 0 N–H and O–H groups in total. The van der Waals surface area contributed by atoms with E-state index in [0.29, 0.717) is 12.5 Å². The van der Waals surface area contributed by atoms with Gasteiger partial charge in [0.05, 0.1) is 0 Å². The van der Waals surface area contributed by atoms with Crippen molar-refractivity contribution in [2.24, 2.45) is 5.92 Å². The molecule has 3 nitrogen and oxygen atoms in total. The van der Waals surface area contributed by atoms with E-state index < -0.39 is 0 Å². The molecule has 1 aliphatic heterocycles. The Balaban J connectivity index is 1.43. The summed E-state index contributed by atoms with van der Waals surface area (Å²) in [6, 6.07) is 12.1. The first-order chi connectivity index (χ1) is 14.3. The zero-order valence-electron chi connectivity index (χ0n) is 17.5. The minimum atomic E-state index is -0.101. The Morgan fingerprint density at radius 2 is 1.83 bits per heavy atom.